The van der Waals surface area contributed by atoms with Crippen molar-refractivity contribution in [2.75, 3.05) is 36.4 Å². The van der Waals surface area contributed by atoms with E-state index < -0.39 is 10.0 Å². The summed E-state index contributed by atoms with van der Waals surface area (Å²) in [7, 11) is -3.81. The topological polar surface area (TPSA) is 105 Å². The van der Waals surface area contributed by atoms with Crippen molar-refractivity contribution >= 4 is 27.4 Å². The second-order valence-electron chi connectivity index (χ2n) is 8.35. The van der Waals surface area contributed by atoms with Crippen LogP contribution in [0.15, 0.2) is 64.3 Å². The van der Waals surface area contributed by atoms with Gasteiger partial charge in [0.15, 0.2) is 0 Å². The third-order valence-electron chi connectivity index (χ3n) is 5.69. The molecule has 0 atom stereocenters. The lowest BCUT2D eigenvalue weighted by molar-refractivity contribution is -0.114. The van der Waals surface area contributed by atoms with Crippen LogP contribution in [0.25, 0.3) is 5.69 Å². The van der Waals surface area contributed by atoms with E-state index in [1.165, 1.54) is 22.0 Å². The Balaban J connectivity index is 1.55. The van der Waals surface area contributed by atoms with E-state index in [0.29, 0.717) is 24.6 Å². The summed E-state index contributed by atoms with van der Waals surface area (Å²) < 4.78 is 29.6. The third kappa shape index (κ3) is 4.87. The van der Waals surface area contributed by atoms with Crippen LogP contribution in [0.2, 0.25) is 0 Å². The minimum Gasteiger partial charge on any atom is -0.353 e. The molecule has 3 aromatic rings. The fraction of sp³-hybridized carbons (Fsp3) is 0.292. The second-order valence-corrected chi connectivity index (χ2v) is 10.3. The average molecular weight is 482 g/mol. The number of aryl methyl sites for hydroxylation is 2. The van der Waals surface area contributed by atoms with Gasteiger partial charge in [0.1, 0.15) is 10.7 Å². The minimum absolute atomic E-state index is 0.0854. The Morgan fingerprint density at radius 3 is 2.21 bits per heavy atom. The molecule has 1 N–H and O–H groups in total. The van der Waals surface area contributed by atoms with E-state index in [9.17, 15) is 18.0 Å². The molecule has 10 heteroatoms. The highest BCUT2D eigenvalue weighted by Gasteiger charge is 2.31. The first-order valence-corrected chi connectivity index (χ1v) is 12.4. The van der Waals surface area contributed by atoms with Gasteiger partial charge in [-0.15, -0.1) is 5.10 Å². The van der Waals surface area contributed by atoms with Crippen LogP contribution < -0.4 is 15.8 Å². The fourth-order valence-electron chi connectivity index (χ4n) is 3.87. The lowest BCUT2D eigenvalue weighted by atomic mass is 10.2. The van der Waals surface area contributed by atoms with Crippen molar-refractivity contribution in [1.29, 1.82) is 0 Å². The Morgan fingerprint density at radius 2 is 1.56 bits per heavy atom. The highest BCUT2D eigenvalue weighted by Crippen LogP contribution is 2.27. The number of hydrogen-bond acceptors (Lipinski definition) is 6. The van der Waals surface area contributed by atoms with Crippen molar-refractivity contribution in [1.82, 2.24) is 14.1 Å². The molecule has 0 aliphatic carbocycles. The Hall–Kier alpha value is -3.50. The number of sulfonamides is 1. The molecule has 1 aliphatic heterocycles. The Kier molecular flexibility index (Phi) is 6.54. The Morgan fingerprint density at radius 1 is 0.912 bits per heavy atom. The van der Waals surface area contributed by atoms with E-state index in [1.54, 1.807) is 24.3 Å². The predicted molar refractivity (Wildman–Crippen MR) is 131 cm³/mol. The molecule has 2 heterocycles. The normalized spacial score (nSPS) is 14.7. The Labute approximate surface area is 198 Å². The number of benzene rings is 2. The molecular weight excluding hydrogens is 454 g/mol. The summed E-state index contributed by atoms with van der Waals surface area (Å²) >= 11 is 0. The van der Waals surface area contributed by atoms with Crippen LogP contribution in [0.5, 0.6) is 0 Å². The Bertz CT molecular complexity index is 1380. The number of nitrogens with zero attached hydrogens (tertiary/aromatic N) is 4. The minimum atomic E-state index is -3.81. The number of carbonyl (C=O) groups excluding carboxylic acids is 1. The SMILES string of the molecule is CC(=O)Nc1ccc(C)cc1S(=O)(=O)N1CCN(c2ccc(=O)n(-c3ccc(C)cc3)n2)CC1. The number of amides is 1. The molecular formula is C24H27N5O4S. The molecule has 178 valence electrons. The van der Waals surface area contributed by atoms with Crippen molar-refractivity contribution in [3.63, 3.8) is 0 Å². The number of piperazine rings is 1. The number of rotatable bonds is 5. The van der Waals surface area contributed by atoms with Gasteiger partial charge in [-0.25, -0.2) is 8.42 Å². The molecule has 1 aliphatic rings. The van der Waals surface area contributed by atoms with E-state index in [4.69, 9.17) is 0 Å². The smallest absolute Gasteiger partial charge is 0.271 e. The van der Waals surface area contributed by atoms with Gasteiger partial charge < -0.3 is 10.2 Å². The van der Waals surface area contributed by atoms with Gasteiger partial charge in [-0.3, -0.25) is 9.59 Å². The molecule has 2 aromatic carbocycles. The number of carbonyl (C=O) groups is 1. The summed E-state index contributed by atoms with van der Waals surface area (Å²) in [5.41, 5.74) is 2.57. The summed E-state index contributed by atoms with van der Waals surface area (Å²) in [6.45, 7) is 6.46. The van der Waals surface area contributed by atoms with Crippen molar-refractivity contribution in [2.24, 2.45) is 0 Å². The molecule has 0 spiro atoms. The summed E-state index contributed by atoms with van der Waals surface area (Å²) in [5, 5.41) is 7.13. The maximum atomic E-state index is 13.4. The lowest BCUT2D eigenvalue weighted by Crippen LogP contribution is -2.49. The number of anilines is 2. The molecule has 4 rings (SSSR count). The fourth-order valence-corrected chi connectivity index (χ4v) is 5.53. The van der Waals surface area contributed by atoms with E-state index in [-0.39, 0.29) is 35.1 Å². The molecule has 0 saturated carbocycles. The van der Waals surface area contributed by atoms with Gasteiger partial charge in [0.2, 0.25) is 15.9 Å². The van der Waals surface area contributed by atoms with Gasteiger partial charge in [0.25, 0.3) is 5.56 Å². The van der Waals surface area contributed by atoms with Crippen LogP contribution in [-0.4, -0.2) is 54.6 Å². The first-order chi connectivity index (χ1) is 16.1. The van der Waals surface area contributed by atoms with Crippen molar-refractivity contribution in [2.45, 2.75) is 25.7 Å². The van der Waals surface area contributed by atoms with Gasteiger partial charge in [-0.05, 0) is 49.7 Å². The van der Waals surface area contributed by atoms with Crippen LogP contribution in [0.3, 0.4) is 0 Å². The molecule has 9 nitrogen and oxygen atoms in total. The molecule has 1 aromatic heterocycles. The predicted octanol–water partition coefficient (Wildman–Crippen LogP) is 2.32. The van der Waals surface area contributed by atoms with Gasteiger partial charge >= 0.3 is 0 Å². The van der Waals surface area contributed by atoms with E-state index >= 15 is 0 Å². The highest BCUT2D eigenvalue weighted by atomic mass is 32.2. The number of nitrogens with one attached hydrogen (secondary N) is 1. The number of hydrogen-bond donors (Lipinski definition) is 1. The van der Waals surface area contributed by atoms with Crippen molar-refractivity contribution < 1.29 is 13.2 Å². The summed E-state index contributed by atoms with van der Waals surface area (Å²) in [6, 6.07) is 15.6. The van der Waals surface area contributed by atoms with Crippen LogP contribution in [0.4, 0.5) is 11.5 Å². The first kappa shape index (κ1) is 23.7. The molecule has 34 heavy (non-hydrogen) atoms. The first-order valence-electron chi connectivity index (χ1n) is 11.0. The zero-order valence-electron chi connectivity index (χ0n) is 19.4. The van der Waals surface area contributed by atoms with Gasteiger partial charge in [-0.1, -0.05) is 23.8 Å². The van der Waals surface area contributed by atoms with Crippen LogP contribution in [0, 0.1) is 13.8 Å². The van der Waals surface area contributed by atoms with Gasteiger partial charge in [0.05, 0.1) is 11.4 Å². The van der Waals surface area contributed by atoms with Crippen LogP contribution >= 0.6 is 0 Å². The van der Waals surface area contributed by atoms with Crippen LogP contribution in [-0.2, 0) is 14.8 Å². The van der Waals surface area contributed by atoms with Gasteiger partial charge in [0, 0.05) is 39.2 Å². The molecule has 0 bridgehead atoms. The maximum Gasteiger partial charge on any atom is 0.271 e. The average Bonchev–Trinajstić information content (AvgIpc) is 2.81. The van der Waals surface area contributed by atoms with Crippen LogP contribution in [0.1, 0.15) is 18.1 Å². The summed E-state index contributed by atoms with van der Waals surface area (Å²) in [5.74, 6) is 0.270. The van der Waals surface area contributed by atoms with Crippen molar-refractivity contribution in [3.8, 4) is 5.69 Å². The van der Waals surface area contributed by atoms with Gasteiger partial charge in [-0.2, -0.15) is 8.99 Å². The second kappa shape index (κ2) is 9.40. The third-order valence-corrected chi connectivity index (χ3v) is 7.63. The number of aromatic nitrogens is 2. The van der Waals surface area contributed by atoms with Crippen molar-refractivity contribution in [3.05, 3.63) is 76.1 Å². The monoisotopic (exact) mass is 481 g/mol. The summed E-state index contributed by atoms with van der Waals surface area (Å²) in [6.07, 6.45) is 0. The zero-order valence-corrected chi connectivity index (χ0v) is 20.2. The van der Waals surface area contributed by atoms with E-state index in [2.05, 4.69) is 10.4 Å². The van der Waals surface area contributed by atoms with E-state index in [1.807, 2.05) is 43.0 Å². The molecule has 0 radical (unpaired) electrons. The molecule has 1 saturated heterocycles. The highest BCUT2D eigenvalue weighted by molar-refractivity contribution is 7.89. The van der Waals surface area contributed by atoms with E-state index in [0.717, 1.165) is 11.1 Å². The molecule has 1 fully saturated rings. The maximum absolute atomic E-state index is 13.4. The lowest BCUT2D eigenvalue weighted by Gasteiger charge is -2.35. The molecule has 1 amide bonds. The quantitative estimate of drug-likeness (QED) is 0.600. The largest absolute Gasteiger partial charge is 0.353 e. The standard InChI is InChI=1S/C24H27N5O4S/c1-17-4-7-20(8-5-17)29-24(31)11-10-23(26-29)27-12-14-28(15-13-27)34(32,33)22-16-18(2)6-9-21(22)25-19(3)30/h4-11,16H,12-15H2,1-3H3,(H,25,30). The summed E-state index contributed by atoms with van der Waals surface area (Å²) in [4.78, 5) is 26.0. The molecule has 0 unspecified atom stereocenters. The zero-order chi connectivity index (χ0) is 24.5.